The first-order chi connectivity index (χ1) is 21.1. The second kappa shape index (κ2) is 34.4. The van der Waals surface area contributed by atoms with E-state index in [4.69, 9.17) is 9.47 Å². The van der Waals surface area contributed by atoms with E-state index in [1.807, 2.05) is 0 Å². The van der Waals surface area contributed by atoms with Crippen molar-refractivity contribution in [1.29, 1.82) is 0 Å². The molecular formula is C38H66O5. The SMILES string of the molecule is CC/C=C/C/C=C/C/C=C/CCCCCCCC(=O)OC[C@H](CO)OC(=O)CCCCCCC/C=C/CCCCCCC. The number of allylic oxidation sites excluding steroid dienone is 8. The largest absolute Gasteiger partial charge is 0.462 e. The van der Waals surface area contributed by atoms with Gasteiger partial charge >= 0.3 is 11.9 Å². The van der Waals surface area contributed by atoms with Crippen LogP contribution in [0.2, 0.25) is 0 Å². The van der Waals surface area contributed by atoms with Gasteiger partial charge in [0.1, 0.15) is 6.61 Å². The summed E-state index contributed by atoms with van der Waals surface area (Å²) < 4.78 is 10.5. The van der Waals surface area contributed by atoms with E-state index in [-0.39, 0.29) is 25.2 Å². The van der Waals surface area contributed by atoms with Gasteiger partial charge in [-0.15, -0.1) is 0 Å². The number of hydrogen-bond acceptors (Lipinski definition) is 5. The lowest BCUT2D eigenvalue weighted by Crippen LogP contribution is -2.28. The smallest absolute Gasteiger partial charge is 0.306 e. The number of carbonyl (C=O) groups is 2. The van der Waals surface area contributed by atoms with Crippen LogP contribution in [-0.2, 0) is 19.1 Å². The predicted molar refractivity (Wildman–Crippen MR) is 182 cm³/mol. The van der Waals surface area contributed by atoms with E-state index in [2.05, 4.69) is 62.5 Å². The first-order valence-electron chi connectivity index (χ1n) is 17.7. The number of hydrogen-bond donors (Lipinski definition) is 1. The zero-order valence-electron chi connectivity index (χ0n) is 28.0. The van der Waals surface area contributed by atoms with Crippen LogP contribution in [0.15, 0.2) is 48.6 Å². The van der Waals surface area contributed by atoms with E-state index in [1.165, 1.54) is 57.8 Å². The van der Waals surface area contributed by atoms with Gasteiger partial charge in [-0.25, -0.2) is 0 Å². The lowest BCUT2D eigenvalue weighted by Gasteiger charge is -2.15. The fraction of sp³-hybridized carbons (Fsp3) is 0.737. The molecule has 5 heteroatoms. The van der Waals surface area contributed by atoms with E-state index < -0.39 is 6.10 Å². The van der Waals surface area contributed by atoms with Crippen LogP contribution in [-0.4, -0.2) is 36.4 Å². The summed E-state index contributed by atoms with van der Waals surface area (Å²) in [5.74, 6) is -0.624. The molecule has 5 nitrogen and oxygen atoms in total. The van der Waals surface area contributed by atoms with E-state index in [9.17, 15) is 14.7 Å². The minimum atomic E-state index is -0.781. The number of esters is 2. The maximum Gasteiger partial charge on any atom is 0.306 e. The van der Waals surface area contributed by atoms with Gasteiger partial charge < -0.3 is 14.6 Å². The van der Waals surface area contributed by atoms with Gasteiger partial charge in [-0.1, -0.05) is 127 Å². The summed E-state index contributed by atoms with van der Waals surface area (Å²) in [7, 11) is 0. The van der Waals surface area contributed by atoms with Crippen LogP contribution in [0, 0.1) is 0 Å². The molecule has 0 amide bonds. The first-order valence-corrected chi connectivity index (χ1v) is 17.7. The van der Waals surface area contributed by atoms with Crippen molar-refractivity contribution in [3.63, 3.8) is 0 Å². The number of aliphatic hydroxyl groups is 1. The molecule has 0 aliphatic rings. The molecule has 0 aromatic rings. The maximum absolute atomic E-state index is 12.1. The second-order valence-electron chi connectivity index (χ2n) is 11.6. The van der Waals surface area contributed by atoms with Crippen molar-refractivity contribution in [2.75, 3.05) is 13.2 Å². The number of ether oxygens (including phenoxy) is 2. The zero-order valence-corrected chi connectivity index (χ0v) is 28.0. The maximum atomic E-state index is 12.1. The minimum Gasteiger partial charge on any atom is -0.462 e. The van der Waals surface area contributed by atoms with Gasteiger partial charge in [0.05, 0.1) is 6.61 Å². The summed E-state index contributed by atoms with van der Waals surface area (Å²) in [6.07, 6.45) is 41.6. The Morgan fingerprint density at radius 2 is 1.00 bits per heavy atom. The molecule has 1 N–H and O–H groups in total. The number of carbonyl (C=O) groups excluding carboxylic acids is 2. The van der Waals surface area contributed by atoms with E-state index in [1.54, 1.807) is 0 Å². The Hall–Kier alpha value is -2.14. The van der Waals surface area contributed by atoms with Crippen LogP contribution >= 0.6 is 0 Å². The summed E-state index contributed by atoms with van der Waals surface area (Å²) in [5.41, 5.74) is 0. The molecule has 0 spiro atoms. The Kier molecular flexibility index (Phi) is 32.6. The Morgan fingerprint density at radius 1 is 0.558 bits per heavy atom. The standard InChI is InChI=1S/C38H66O5/c1-3-5-7-9-11-13-15-17-19-21-22-24-26-28-30-32-37(40)42-35-36(34-39)43-38(41)33-31-29-27-25-23-20-18-16-14-12-10-8-6-4-2/h5,7,11,13,16-19,36,39H,3-4,6,8-10,12,14-15,20-35H2,1-2H3/b7-5+,13-11+,18-16+,19-17+/t36-/m0/s1. The van der Waals surface area contributed by atoms with Crippen molar-refractivity contribution in [3.05, 3.63) is 48.6 Å². The highest BCUT2D eigenvalue weighted by Crippen LogP contribution is 2.11. The van der Waals surface area contributed by atoms with Crippen molar-refractivity contribution in [1.82, 2.24) is 0 Å². The molecule has 0 aromatic heterocycles. The molecular weight excluding hydrogens is 536 g/mol. The molecule has 0 radical (unpaired) electrons. The Labute approximate surface area is 265 Å². The molecule has 248 valence electrons. The van der Waals surface area contributed by atoms with Gasteiger partial charge in [0.25, 0.3) is 0 Å². The van der Waals surface area contributed by atoms with Crippen LogP contribution in [0.25, 0.3) is 0 Å². The lowest BCUT2D eigenvalue weighted by atomic mass is 10.1. The third kappa shape index (κ3) is 32.6. The average molecular weight is 603 g/mol. The predicted octanol–water partition coefficient (Wildman–Crippen LogP) is 10.7. The molecule has 43 heavy (non-hydrogen) atoms. The number of unbranched alkanes of at least 4 members (excludes halogenated alkanes) is 15. The molecule has 1 atom stereocenters. The third-order valence-electron chi connectivity index (χ3n) is 7.36. The summed E-state index contributed by atoms with van der Waals surface area (Å²) in [6.45, 7) is 3.98. The second-order valence-corrected chi connectivity index (χ2v) is 11.6. The minimum absolute atomic E-state index is 0.0791. The van der Waals surface area contributed by atoms with Crippen molar-refractivity contribution in [2.45, 2.75) is 168 Å². The molecule has 0 aliphatic carbocycles. The van der Waals surface area contributed by atoms with Crippen LogP contribution in [0.3, 0.4) is 0 Å². The normalized spacial score (nSPS) is 12.7. The summed E-state index contributed by atoms with van der Waals surface area (Å²) >= 11 is 0. The number of rotatable bonds is 31. The topological polar surface area (TPSA) is 72.8 Å². The molecule has 0 aromatic carbocycles. The zero-order chi connectivity index (χ0) is 31.5. The molecule has 0 saturated carbocycles. The quantitative estimate of drug-likeness (QED) is 0.0485. The van der Waals surface area contributed by atoms with Crippen LogP contribution in [0.5, 0.6) is 0 Å². The van der Waals surface area contributed by atoms with Crippen molar-refractivity contribution in [2.24, 2.45) is 0 Å². The first kappa shape index (κ1) is 40.9. The Balaban J connectivity index is 3.63. The molecule has 0 fully saturated rings. The van der Waals surface area contributed by atoms with Gasteiger partial charge in [0.2, 0.25) is 0 Å². The summed E-state index contributed by atoms with van der Waals surface area (Å²) in [6, 6.07) is 0. The highest BCUT2D eigenvalue weighted by atomic mass is 16.6. The molecule has 0 rings (SSSR count). The molecule has 0 saturated heterocycles. The van der Waals surface area contributed by atoms with Crippen LogP contribution < -0.4 is 0 Å². The fourth-order valence-electron chi connectivity index (χ4n) is 4.68. The molecule has 0 aliphatic heterocycles. The van der Waals surface area contributed by atoms with Crippen molar-refractivity contribution >= 4 is 11.9 Å². The van der Waals surface area contributed by atoms with E-state index >= 15 is 0 Å². The van der Waals surface area contributed by atoms with Gasteiger partial charge in [0.15, 0.2) is 6.10 Å². The highest BCUT2D eigenvalue weighted by Gasteiger charge is 2.16. The fourth-order valence-corrected chi connectivity index (χ4v) is 4.68. The third-order valence-corrected chi connectivity index (χ3v) is 7.36. The van der Waals surface area contributed by atoms with Crippen LogP contribution in [0.1, 0.15) is 162 Å². The molecule has 0 heterocycles. The molecule has 0 bridgehead atoms. The van der Waals surface area contributed by atoms with Crippen molar-refractivity contribution < 1.29 is 24.2 Å². The van der Waals surface area contributed by atoms with E-state index in [0.717, 1.165) is 77.0 Å². The number of aliphatic hydroxyl groups excluding tert-OH is 1. The summed E-state index contributed by atoms with van der Waals surface area (Å²) in [4.78, 5) is 24.1. The highest BCUT2D eigenvalue weighted by molar-refractivity contribution is 5.70. The average Bonchev–Trinajstić information content (AvgIpc) is 3.01. The Bertz CT molecular complexity index is 737. The van der Waals surface area contributed by atoms with Gasteiger partial charge in [0, 0.05) is 12.8 Å². The lowest BCUT2D eigenvalue weighted by molar-refractivity contribution is -0.161. The van der Waals surface area contributed by atoms with Gasteiger partial charge in [-0.2, -0.15) is 0 Å². The van der Waals surface area contributed by atoms with Gasteiger partial charge in [-0.05, 0) is 70.6 Å². The van der Waals surface area contributed by atoms with Crippen molar-refractivity contribution in [3.8, 4) is 0 Å². The summed E-state index contributed by atoms with van der Waals surface area (Å²) in [5, 5.41) is 9.51. The molecule has 0 unspecified atom stereocenters. The van der Waals surface area contributed by atoms with Gasteiger partial charge in [-0.3, -0.25) is 9.59 Å². The van der Waals surface area contributed by atoms with Crippen LogP contribution in [0.4, 0.5) is 0 Å². The Morgan fingerprint density at radius 3 is 1.53 bits per heavy atom. The monoisotopic (exact) mass is 602 g/mol. The van der Waals surface area contributed by atoms with E-state index in [0.29, 0.717) is 12.8 Å².